The topological polar surface area (TPSA) is 76.0 Å². The van der Waals surface area contributed by atoms with Gasteiger partial charge in [-0.3, -0.25) is 0 Å². The third-order valence-electron chi connectivity index (χ3n) is 3.31. The summed E-state index contributed by atoms with van der Waals surface area (Å²) in [4.78, 5) is 4.16. The summed E-state index contributed by atoms with van der Waals surface area (Å²) < 4.78 is 29.1. The van der Waals surface area contributed by atoms with Crippen LogP contribution in [-0.4, -0.2) is 37.1 Å². The predicted molar refractivity (Wildman–Crippen MR) is 73.5 cm³/mol. The van der Waals surface area contributed by atoms with E-state index in [9.17, 15) is 8.42 Å². The normalized spacial score (nSPS) is 20.6. The van der Waals surface area contributed by atoms with Gasteiger partial charge in [-0.1, -0.05) is 6.92 Å². The molecule has 108 valence electrons. The minimum atomic E-state index is -3.50. The molecule has 1 aromatic heterocycles. The van der Waals surface area contributed by atoms with Crippen LogP contribution in [-0.2, 0) is 16.6 Å². The molecule has 1 aromatic rings. The van der Waals surface area contributed by atoms with E-state index in [4.69, 9.17) is 0 Å². The monoisotopic (exact) mass is 286 g/mol. The van der Waals surface area contributed by atoms with Crippen LogP contribution in [0.4, 0.5) is 0 Å². The third-order valence-corrected chi connectivity index (χ3v) is 4.70. The van der Waals surface area contributed by atoms with Crippen molar-refractivity contribution in [1.82, 2.24) is 19.6 Å². The predicted octanol–water partition coefficient (Wildman–Crippen LogP) is 0.632. The van der Waals surface area contributed by atoms with Crippen LogP contribution < -0.4 is 10.0 Å². The van der Waals surface area contributed by atoms with Gasteiger partial charge in [0.05, 0.1) is 0 Å². The lowest BCUT2D eigenvalue weighted by molar-refractivity contribution is 0.428. The van der Waals surface area contributed by atoms with Crippen molar-refractivity contribution in [2.75, 3.05) is 13.1 Å². The zero-order valence-corrected chi connectivity index (χ0v) is 12.3. The van der Waals surface area contributed by atoms with E-state index in [2.05, 4.69) is 21.9 Å². The Hall–Kier alpha value is -0.920. The fourth-order valence-electron chi connectivity index (χ4n) is 2.31. The first-order valence-electron chi connectivity index (χ1n) is 6.79. The number of aryl methyl sites for hydroxylation is 2. The van der Waals surface area contributed by atoms with Crippen molar-refractivity contribution in [1.29, 1.82) is 0 Å². The second-order valence-electron chi connectivity index (χ2n) is 4.98. The number of hydrogen-bond donors (Lipinski definition) is 2. The minimum absolute atomic E-state index is 0.0321. The molecule has 1 aliphatic rings. The fourth-order valence-corrected chi connectivity index (χ4v) is 3.59. The van der Waals surface area contributed by atoms with Crippen LogP contribution in [0, 0.1) is 6.92 Å². The maximum Gasteiger partial charge on any atom is 0.259 e. The van der Waals surface area contributed by atoms with Gasteiger partial charge in [-0.25, -0.2) is 18.1 Å². The minimum Gasteiger partial charge on any atom is -0.334 e. The smallest absolute Gasteiger partial charge is 0.259 e. The maximum absolute atomic E-state index is 12.3. The molecule has 19 heavy (non-hydrogen) atoms. The number of imidazole rings is 1. The number of rotatable bonds is 5. The second-order valence-corrected chi connectivity index (χ2v) is 6.65. The van der Waals surface area contributed by atoms with Gasteiger partial charge in [-0.05, 0) is 32.7 Å². The summed E-state index contributed by atoms with van der Waals surface area (Å²) in [6, 6.07) is -0.0321. The van der Waals surface area contributed by atoms with Crippen molar-refractivity contribution < 1.29 is 8.42 Å². The van der Waals surface area contributed by atoms with Gasteiger partial charge < -0.3 is 9.88 Å². The molecular weight excluding hydrogens is 264 g/mol. The van der Waals surface area contributed by atoms with Gasteiger partial charge in [0, 0.05) is 25.3 Å². The molecule has 1 aliphatic heterocycles. The Morgan fingerprint density at radius 3 is 3.00 bits per heavy atom. The summed E-state index contributed by atoms with van der Waals surface area (Å²) >= 11 is 0. The van der Waals surface area contributed by atoms with E-state index in [1.165, 1.54) is 0 Å². The first-order valence-corrected chi connectivity index (χ1v) is 8.28. The molecule has 2 N–H and O–H groups in total. The lowest BCUT2D eigenvalue weighted by Crippen LogP contribution is -2.45. The SMILES string of the molecule is CCCn1cc(S(=O)(=O)N[C@H]2CCCNC2)nc1C. The fraction of sp³-hybridized carbons (Fsp3) is 0.750. The van der Waals surface area contributed by atoms with E-state index in [1.54, 1.807) is 6.20 Å². The molecule has 0 amide bonds. The highest BCUT2D eigenvalue weighted by atomic mass is 32.2. The molecule has 0 aliphatic carbocycles. The molecule has 7 heteroatoms. The summed E-state index contributed by atoms with van der Waals surface area (Å²) in [6.45, 7) is 6.33. The van der Waals surface area contributed by atoms with Crippen molar-refractivity contribution in [2.45, 2.75) is 50.7 Å². The van der Waals surface area contributed by atoms with E-state index < -0.39 is 10.0 Å². The Labute approximate surface area is 114 Å². The lowest BCUT2D eigenvalue weighted by atomic mass is 10.1. The van der Waals surface area contributed by atoms with Crippen LogP contribution in [0.5, 0.6) is 0 Å². The summed E-state index contributed by atoms with van der Waals surface area (Å²) in [5.41, 5.74) is 0. The van der Waals surface area contributed by atoms with Crippen molar-refractivity contribution >= 4 is 10.0 Å². The summed E-state index contributed by atoms with van der Waals surface area (Å²) in [6.07, 6.45) is 4.45. The molecule has 1 atom stereocenters. The molecule has 1 fully saturated rings. The number of nitrogens with zero attached hydrogens (tertiary/aromatic N) is 2. The molecule has 0 bridgehead atoms. The summed E-state index contributed by atoms with van der Waals surface area (Å²) in [5, 5.41) is 3.32. The highest BCUT2D eigenvalue weighted by molar-refractivity contribution is 7.89. The maximum atomic E-state index is 12.3. The average Bonchev–Trinajstić information content (AvgIpc) is 2.73. The molecule has 0 spiro atoms. The molecule has 6 nitrogen and oxygen atoms in total. The van der Waals surface area contributed by atoms with Gasteiger partial charge in [0.15, 0.2) is 5.03 Å². The second kappa shape index (κ2) is 6.02. The first-order chi connectivity index (χ1) is 9.03. The number of piperidine rings is 1. The van der Waals surface area contributed by atoms with E-state index in [-0.39, 0.29) is 11.1 Å². The Morgan fingerprint density at radius 1 is 1.58 bits per heavy atom. The van der Waals surface area contributed by atoms with Crippen LogP contribution in [0.3, 0.4) is 0 Å². The average molecular weight is 286 g/mol. The zero-order valence-electron chi connectivity index (χ0n) is 11.5. The Kier molecular flexibility index (Phi) is 4.59. The van der Waals surface area contributed by atoms with Crippen molar-refractivity contribution in [3.8, 4) is 0 Å². The van der Waals surface area contributed by atoms with Gasteiger partial charge in [0.1, 0.15) is 5.82 Å². The summed E-state index contributed by atoms with van der Waals surface area (Å²) in [5.74, 6) is 0.740. The zero-order chi connectivity index (χ0) is 13.9. The number of hydrogen-bond acceptors (Lipinski definition) is 4. The van der Waals surface area contributed by atoms with E-state index in [1.807, 2.05) is 11.5 Å². The molecular formula is C12H22N4O2S. The highest BCUT2D eigenvalue weighted by Gasteiger charge is 2.24. The van der Waals surface area contributed by atoms with Crippen molar-refractivity contribution in [2.24, 2.45) is 0 Å². The van der Waals surface area contributed by atoms with E-state index >= 15 is 0 Å². The Bertz CT molecular complexity index is 518. The number of sulfonamides is 1. The first kappa shape index (κ1) is 14.5. The molecule has 2 rings (SSSR count). The third kappa shape index (κ3) is 3.55. The van der Waals surface area contributed by atoms with Crippen LogP contribution in [0.15, 0.2) is 11.2 Å². The van der Waals surface area contributed by atoms with Crippen molar-refractivity contribution in [3.63, 3.8) is 0 Å². The lowest BCUT2D eigenvalue weighted by Gasteiger charge is -2.23. The molecule has 1 saturated heterocycles. The molecule has 0 unspecified atom stereocenters. The van der Waals surface area contributed by atoms with Crippen LogP contribution in [0.2, 0.25) is 0 Å². The van der Waals surface area contributed by atoms with Gasteiger partial charge in [0.2, 0.25) is 0 Å². The highest BCUT2D eigenvalue weighted by Crippen LogP contribution is 2.12. The van der Waals surface area contributed by atoms with Crippen LogP contribution >= 0.6 is 0 Å². The number of aromatic nitrogens is 2. The Balaban J connectivity index is 2.12. The molecule has 0 aromatic carbocycles. The van der Waals surface area contributed by atoms with Gasteiger partial charge >= 0.3 is 0 Å². The molecule has 0 radical (unpaired) electrons. The molecule has 0 saturated carbocycles. The van der Waals surface area contributed by atoms with E-state index in [0.717, 1.165) is 38.2 Å². The van der Waals surface area contributed by atoms with Crippen LogP contribution in [0.25, 0.3) is 0 Å². The number of nitrogens with one attached hydrogen (secondary N) is 2. The largest absolute Gasteiger partial charge is 0.334 e. The Morgan fingerprint density at radius 2 is 2.37 bits per heavy atom. The van der Waals surface area contributed by atoms with Crippen LogP contribution in [0.1, 0.15) is 32.0 Å². The van der Waals surface area contributed by atoms with Gasteiger partial charge in [-0.15, -0.1) is 0 Å². The summed E-state index contributed by atoms with van der Waals surface area (Å²) in [7, 11) is -3.50. The van der Waals surface area contributed by atoms with Gasteiger partial charge in [-0.2, -0.15) is 0 Å². The quantitative estimate of drug-likeness (QED) is 0.832. The standard InChI is InChI=1S/C12H22N4O2S/c1-3-7-16-9-12(14-10(16)2)19(17,18)15-11-5-4-6-13-8-11/h9,11,13,15H,3-8H2,1-2H3/t11-/m0/s1. The molecule has 2 heterocycles. The van der Waals surface area contributed by atoms with Gasteiger partial charge in [0.25, 0.3) is 10.0 Å². The van der Waals surface area contributed by atoms with E-state index in [0.29, 0.717) is 6.54 Å². The van der Waals surface area contributed by atoms with Crippen molar-refractivity contribution in [3.05, 3.63) is 12.0 Å².